The van der Waals surface area contributed by atoms with Crippen LogP contribution in [0.4, 0.5) is 0 Å². The summed E-state index contributed by atoms with van der Waals surface area (Å²) in [5, 5.41) is 0. The van der Waals surface area contributed by atoms with Crippen molar-refractivity contribution in [3.63, 3.8) is 0 Å². The minimum atomic E-state index is -3.02. The first-order valence-corrected chi connectivity index (χ1v) is 8.05. The molecule has 1 unspecified atom stereocenters. The first-order valence-electron chi connectivity index (χ1n) is 2.81. The number of hydrogen-bond acceptors (Lipinski definition) is 3. The summed E-state index contributed by atoms with van der Waals surface area (Å²) < 4.78 is 0.186. The molecule has 6 heteroatoms. The van der Waals surface area contributed by atoms with Gasteiger partial charge in [-0.05, 0) is 24.5 Å². The summed E-state index contributed by atoms with van der Waals surface area (Å²) in [6.07, 6.45) is 0. The van der Waals surface area contributed by atoms with Gasteiger partial charge in [-0.25, -0.2) is 0 Å². The predicted octanol–water partition coefficient (Wildman–Crippen LogP) is 2.03. The van der Waals surface area contributed by atoms with Gasteiger partial charge in [-0.2, -0.15) is 0 Å². The molecule has 0 fully saturated rings. The van der Waals surface area contributed by atoms with Crippen molar-refractivity contribution in [2.75, 3.05) is 5.75 Å². The summed E-state index contributed by atoms with van der Waals surface area (Å²) >= 11 is 7.19. The van der Waals surface area contributed by atoms with Gasteiger partial charge >= 0.3 is 0 Å². The Morgan fingerprint density at radius 1 is 1.60 bits per heavy atom. The van der Waals surface area contributed by atoms with E-state index >= 15 is 0 Å². The van der Waals surface area contributed by atoms with Gasteiger partial charge in [0.2, 0.25) is 5.69 Å². The maximum Gasteiger partial charge on any atom is 0.243 e. The third-order valence-corrected chi connectivity index (χ3v) is 5.73. The lowest BCUT2D eigenvalue weighted by Gasteiger charge is -2.11. The fourth-order valence-corrected chi connectivity index (χ4v) is 6.41. The molecule has 0 aromatic heterocycles. The van der Waals surface area contributed by atoms with Gasteiger partial charge in [-0.15, -0.1) is 11.8 Å². The third-order valence-electron chi connectivity index (χ3n) is 0.687. The van der Waals surface area contributed by atoms with Crippen molar-refractivity contribution in [1.82, 2.24) is 0 Å². The summed E-state index contributed by atoms with van der Waals surface area (Å²) in [4.78, 5) is 17.7. The van der Waals surface area contributed by atoms with Crippen LogP contribution in [0.3, 0.4) is 0 Å². The maximum absolute atomic E-state index is 8.85. The standard InChI is InChI=1S/C4H11O2PS3/c1-3-9-4(2)10-7(5,6)8/h4H,3H2,1-2H3,(H2,5,6,8). The van der Waals surface area contributed by atoms with E-state index in [1.54, 1.807) is 11.8 Å². The van der Waals surface area contributed by atoms with E-state index in [9.17, 15) is 0 Å². The van der Waals surface area contributed by atoms with Crippen LogP contribution in [0.25, 0.3) is 0 Å². The molecule has 0 aromatic rings. The van der Waals surface area contributed by atoms with E-state index in [2.05, 4.69) is 11.8 Å². The molecular formula is C4H11O2PS3. The quantitative estimate of drug-likeness (QED) is 0.558. The molecule has 62 valence electrons. The maximum atomic E-state index is 8.85. The second-order valence-electron chi connectivity index (χ2n) is 1.62. The van der Waals surface area contributed by atoms with Gasteiger partial charge < -0.3 is 9.79 Å². The van der Waals surface area contributed by atoms with Gasteiger partial charge in [-0.3, -0.25) is 0 Å². The second-order valence-corrected chi connectivity index (χ2v) is 9.82. The Hall–Kier alpha value is 1.27. The summed E-state index contributed by atoms with van der Waals surface area (Å²) in [6.45, 7) is 3.95. The number of hydrogen-bond donors (Lipinski definition) is 2. The van der Waals surface area contributed by atoms with Crippen molar-refractivity contribution in [2.24, 2.45) is 0 Å². The Morgan fingerprint density at radius 2 is 2.10 bits per heavy atom. The molecule has 0 aliphatic rings. The fourth-order valence-electron chi connectivity index (χ4n) is 0.459. The molecule has 0 bridgehead atoms. The molecule has 0 aliphatic carbocycles. The Morgan fingerprint density at radius 3 is 2.40 bits per heavy atom. The van der Waals surface area contributed by atoms with E-state index in [0.717, 1.165) is 17.1 Å². The predicted molar refractivity (Wildman–Crippen MR) is 53.9 cm³/mol. The molecule has 2 N–H and O–H groups in total. The fraction of sp³-hybridized carbons (Fsp3) is 1.00. The minimum Gasteiger partial charge on any atom is -0.338 e. The normalized spacial score (nSPS) is 15.2. The molecule has 0 aliphatic heterocycles. The van der Waals surface area contributed by atoms with Gasteiger partial charge in [-0.1, -0.05) is 18.3 Å². The summed E-state index contributed by atoms with van der Waals surface area (Å²) in [5.41, 5.74) is -3.02. The Kier molecular flexibility index (Phi) is 5.65. The van der Waals surface area contributed by atoms with E-state index < -0.39 is 5.69 Å². The third kappa shape index (κ3) is 7.38. The summed E-state index contributed by atoms with van der Waals surface area (Å²) in [5.74, 6) is 0.976. The molecule has 0 aromatic carbocycles. The first-order chi connectivity index (χ1) is 4.45. The largest absolute Gasteiger partial charge is 0.338 e. The van der Waals surface area contributed by atoms with Crippen LogP contribution in [0.1, 0.15) is 13.8 Å². The van der Waals surface area contributed by atoms with E-state index in [0.29, 0.717) is 0 Å². The Balaban J connectivity index is 3.58. The molecule has 0 saturated heterocycles. The van der Waals surface area contributed by atoms with Gasteiger partial charge in [0.15, 0.2) is 0 Å². The molecule has 0 heterocycles. The van der Waals surface area contributed by atoms with E-state index in [1.165, 1.54) is 0 Å². The van der Waals surface area contributed by atoms with Crippen molar-refractivity contribution < 1.29 is 9.79 Å². The van der Waals surface area contributed by atoms with Gasteiger partial charge in [0.1, 0.15) is 0 Å². The lowest BCUT2D eigenvalue weighted by atomic mass is 10.9. The zero-order valence-corrected chi connectivity index (χ0v) is 9.19. The van der Waals surface area contributed by atoms with Crippen molar-refractivity contribution in [2.45, 2.75) is 18.4 Å². The number of thioether (sulfide) groups is 1. The molecule has 10 heavy (non-hydrogen) atoms. The summed E-state index contributed by atoms with van der Waals surface area (Å²) in [7, 11) is 0. The van der Waals surface area contributed by atoms with E-state index in [1.807, 2.05) is 13.8 Å². The highest BCUT2D eigenvalue weighted by molar-refractivity contribution is 8.69. The molecule has 0 radical (unpaired) electrons. The average Bonchev–Trinajstić information content (AvgIpc) is 1.59. The Bertz CT molecular complexity index is 134. The zero-order valence-electron chi connectivity index (χ0n) is 5.85. The summed E-state index contributed by atoms with van der Waals surface area (Å²) in [6, 6.07) is 0. The molecule has 0 amide bonds. The molecular weight excluding hydrogens is 207 g/mol. The lowest BCUT2D eigenvalue weighted by molar-refractivity contribution is 0.502. The van der Waals surface area contributed by atoms with E-state index in [4.69, 9.17) is 9.79 Å². The highest BCUT2D eigenvalue weighted by Gasteiger charge is 2.13. The van der Waals surface area contributed by atoms with Crippen molar-refractivity contribution >= 4 is 40.6 Å². The molecule has 0 saturated carbocycles. The van der Waals surface area contributed by atoms with Crippen LogP contribution in [0, 0.1) is 0 Å². The van der Waals surface area contributed by atoms with Crippen LogP contribution in [-0.4, -0.2) is 20.1 Å². The van der Waals surface area contributed by atoms with Crippen LogP contribution >= 0.6 is 28.8 Å². The first kappa shape index (κ1) is 11.3. The molecule has 0 rings (SSSR count). The van der Waals surface area contributed by atoms with Crippen LogP contribution in [-0.2, 0) is 11.8 Å². The van der Waals surface area contributed by atoms with Crippen LogP contribution in [0.5, 0.6) is 0 Å². The van der Waals surface area contributed by atoms with Gasteiger partial charge in [0.05, 0.1) is 4.58 Å². The minimum absolute atomic E-state index is 0.186. The average molecular weight is 218 g/mol. The smallest absolute Gasteiger partial charge is 0.243 e. The Labute approximate surface area is 74.7 Å². The highest BCUT2D eigenvalue weighted by atomic mass is 32.9. The highest BCUT2D eigenvalue weighted by Crippen LogP contribution is 2.55. The lowest BCUT2D eigenvalue weighted by Crippen LogP contribution is -1.88. The van der Waals surface area contributed by atoms with Crippen molar-refractivity contribution in [1.29, 1.82) is 0 Å². The van der Waals surface area contributed by atoms with E-state index in [-0.39, 0.29) is 4.58 Å². The zero-order chi connectivity index (χ0) is 8.20. The molecule has 0 spiro atoms. The second kappa shape index (κ2) is 5.01. The topological polar surface area (TPSA) is 40.5 Å². The number of rotatable bonds is 4. The van der Waals surface area contributed by atoms with Crippen LogP contribution in [0.2, 0.25) is 0 Å². The SMILES string of the molecule is CCSC(C)SP(O)(O)=S. The monoisotopic (exact) mass is 218 g/mol. The van der Waals surface area contributed by atoms with Gasteiger partial charge in [0.25, 0.3) is 0 Å². The molecule has 2 nitrogen and oxygen atoms in total. The van der Waals surface area contributed by atoms with Gasteiger partial charge in [0, 0.05) is 0 Å². The van der Waals surface area contributed by atoms with Crippen LogP contribution in [0.15, 0.2) is 0 Å². The molecule has 1 atom stereocenters. The van der Waals surface area contributed by atoms with Crippen molar-refractivity contribution in [3.8, 4) is 0 Å². The van der Waals surface area contributed by atoms with Crippen molar-refractivity contribution in [3.05, 3.63) is 0 Å². The van der Waals surface area contributed by atoms with Crippen LogP contribution < -0.4 is 0 Å².